The van der Waals surface area contributed by atoms with Gasteiger partial charge < -0.3 is 34.6 Å². The zero-order chi connectivity index (χ0) is 20.5. The van der Waals surface area contributed by atoms with Gasteiger partial charge in [0.25, 0.3) is 0 Å². The number of carbonyl (C=O) groups is 1. The van der Waals surface area contributed by atoms with Crippen molar-refractivity contribution < 1.29 is 34.5 Å². The number of aromatic nitrogens is 3. The molecule has 1 saturated heterocycles. The lowest BCUT2D eigenvalue weighted by molar-refractivity contribution is -0.141. The molecule has 154 valence electrons. The molecule has 2 aliphatic rings. The molecule has 1 amide bonds. The van der Waals surface area contributed by atoms with Crippen LogP contribution in [0.5, 0.6) is 11.5 Å². The van der Waals surface area contributed by atoms with Crippen molar-refractivity contribution in [3.05, 3.63) is 35.2 Å². The van der Waals surface area contributed by atoms with Crippen molar-refractivity contribution >= 4 is 13.0 Å². The topological polar surface area (TPSA) is 150 Å². The summed E-state index contributed by atoms with van der Waals surface area (Å²) < 4.78 is 12.6. The average molecular weight is 404 g/mol. The summed E-state index contributed by atoms with van der Waals surface area (Å²) in [5.41, 5.74) is 1.23. The zero-order valence-electron chi connectivity index (χ0n) is 15.5. The van der Waals surface area contributed by atoms with E-state index >= 15 is 0 Å². The number of rotatable bonds is 6. The third kappa shape index (κ3) is 4.05. The van der Waals surface area contributed by atoms with Crippen LogP contribution >= 0.6 is 0 Å². The first-order valence-electron chi connectivity index (χ1n) is 9.25. The fourth-order valence-corrected chi connectivity index (χ4v) is 3.41. The molecule has 0 radical (unpaired) electrons. The second-order valence-electron chi connectivity index (χ2n) is 7.05. The van der Waals surface area contributed by atoms with Crippen LogP contribution in [0.1, 0.15) is 23.1 Å². The molecule has 12 heteroatoms. The number of ether oxygens (including phenoxy) is 1. The Hall–Kier alpha value is -2.67. The van der Waals surface area contributed by atoms with E-state index in [1.165, 1.54) is 10.9 Å². The Labute approximate surface area is 166 Å². The molecule has 0 aliphatic carbocycles. The first kappa shape index (κ1) is 19.6. The van der Waals surface area contributed by atoms with E-state index in [0.29, 0.717) is 31.5 Å². The van der Waals surface area contributed by atoms with Crippen molar-refractivity contribution in [2.45, 2.75) is 38.3 Å². The molecule has 0 spiro atoms. The fourth-order valence-electron chi connectivity index (χ4n) is 3.41. The van der Waals surface area contributed by atoms with Gasteiger partial charge in [-0.2, -0.15) is 0 Å². The number of fused-ring (bicyclic) bond motifs is 1. The van der Waals surface area contributed by atoms with E-state index in [4.69, 9.17) is 14.5 Å². The minimum Gasteiger partial charge on any atom is -0.535 e. The van der Waals surface area contributed by atoms with Crippen LogP contribution in [0.25, 0.3) is 0 Å². The molecule has 2 aromatic rings. The van der Waals surface area contributed by atoms with Gasteiger partial charge in [0.2, 0.25) is 5.91 Å². The largest absolute Gasteiger partial charge is 0.535 e. The first-order chi connectivity index (χ1) is 13.9. The van der Waals surface area contributed by atoms with Crippen LogP contribution in [0.15, 0.2) is 18.3 Å². The number of aliphatic hydroxyl groups is 3. The van der Waals surface area contributed by atoms with E-state index < -0.39 is 13.4 Å². The highest BCUT2D eigenvalue weighted by Crippen LogP contribution is 2.40. The highest BCUT2D eigenvalue weighted by Gasteiger charge is 2.35. The molecule has 11 nitrogen and oxygen atoms in total. The monoisotopic (exact) mass is 404 g/mol. The maximum absolute atomic E-state index is 12.3. The average Bonchev–Trinajstić information content (AvgIpc) is 3.10. The fraction of sp³-hybridized carbons (Fsp3) is 0.471. The van der Waals surface area contributed by atoms with Gasteiger partial charge in [-0.3, -0.25) is 4.79 Å². The zero-order valence-corrected chi connectivity index (χ0v) is 15.5. The Morgan fingerprint density at radius 1 is 1.38 bits per heavy atom. The van der Waals surface area contributed by atoms with Crippen molar-refractivity contribution in [2.75, 3.05) is 13.1 Å². The number of aryl methyl sites for hydroxylation is 1. The second-order valence-corrected chi connectivity index (χ2v) is 7.05. The molecule has 0 saturated carbocycles. The summed E-state index contributed by atoms with van der Waals surface area (Å²) in [6.45, 7) is 0.434. The highest BCUT2D eigenvalue weighted by atomic mass is 16.5. The maximum Gasteiger partial charge on any atom is 0.522 e. The third-order valence-electron chi connectivity index (χ3n) is 4.95. The molecular formula is C17H21BN4O7. The van der Waals surface area contributed by atoms with Crippen LogP contribution in [0.2, 0.25) is 6.32 Å². The number of hydrogen-bond acceptors (Lipinski definition) is 9. The summed E-state index contributed by atoms with van der Waals surface area (Å²) in [4.78, 5) is 13.9. The van der Waals surface area contributed by atoms with E-state index in [0.717, 1.165) is 5.56 Å². The van der Waals surface area contributed by atoms with E-state index in [2.05, 4.69) is 10.3 Å². The molecule has 1 aromatic carbocycles. The van der Waals surface area contributed by atoms with Crippen molar-refractivity contribution in [1.82, 2.24) is 19.9 Å². The molecule has 4 rings (SSSR count). The minimum atomic E-state index is -1.82. The number of nitrogens with zero attached hydrogens (tertiary/aromatic N) is 4. The summed E-state index contributed by atoms with van der Waals surface area (Å²) >= 11 is 0. The quantitative estimate of drug-likeness (QED) is 0.332. The lowest BCUT2D eigenvalue weighted by Crippen LogP contribution is -2.57. The number of hydrogen-bond donors (Lipinski definition) is 4. The van der Waals surface area contributed by atoms with E-state index in [9.17, 15) is 20.0 Å². The number of likely N-dealkylation sites (tertiary alicyclic amines) is 1. The number of carbonyl (C=O) groups excluding carboxylic acids is 1. The van der Waals surface area contributed by atoms with Crippen molar-refractivity contribution in [3.63, 3.8) is 0 Å². The molecule has 3 heterocycles. The van der Waals surface area contributed by atoms with Gasteiger partial charge in [0.15, 0.2) is 6.29 Å². The molecule has 29 heavy (non-hydrogen) atoms. The van der Waals surface area contributed by atoms with Gasteiger partial charge in [0.1, 0.15) is 29.8 Å². The maximum atomic E-state index is 12.3. The van der Waals surface area contributed by atoms with E-state index in [1.807, 2.05) is 0 Å². The molecule has 1 aromatic heterocycles. The SMILES string of the molecule is O=C(Cn1cc(CO)nn1)N1CC(Oc2ccc3c(c2C(O)O)OB(O)CC3)C1. The van der Waals surface area contributed by atoms with Crippen LogP contribution in [-0.4, -0.2) is 72.5 Å². The minimum absolute atomic E-state index is 0.00486. The molecule has 0 atom stereocenters. The lowest BCUT2D eigenvalue weighted by atomic mass is 9.78. The second kappa shape index (κ2) is 7.99. The molecule has 4 N–H and O–H groups in total. The van der Waals surface area contributed by atoms with E-state index in [1.54, 1.807) is 17.0 Å². The van der Waals surface area contributed by atoms with Crippen LogP contribution < -0.4 is 9.39 Å². The number of aliphatic hydroxyl groups excluding tert-OH is 2. The Morgan fingerprint density at radius 3 is 2.86 bits per heavy atom. The number of benzene rings is 1. The number of amides is 1. The molecule has 0 bridgehead atoms. The first-order valence-corrected chi connectivity index (χ1v) is 9.25. The normalized spacial score (nSPS) is 16.4. The molecular weight excluding hydrogens is 383 g/mol. The summed E-state index contributed by atoms with van der Waals surface area (Å²) in [7, 11) is -1.00. The smallest absolute Gasteiger partial charge is 0.522 e. The van der Waals surface area contributed by atoms with Crippen LogP contribution in [-0.2, 0) is 24.4 Å². The summed E-state index contributed by atoms with van der Waals surface area (Å²) in [6.07, 6.45) is 0.354. The predicted molar refractivity (Wildman–Crippen MR) is 97.7 cm³/mol. The van der Waals surface area contributed by atoms with Gasteiger partial charge in [-0.15, -0.1) is 5.10 Å². The highest BCUT2D eigenvalue weighted by molar-refractivity contribution is 6.44. The summed E-state index contributed by atoms with van der Waals surface area (Å²) in [6, 6.07) is 3.42. The standard InChI is InChI=1S/C17H21BN4O7/c23-9-11-5-22(20-19-11)8-14(24)21-6-12(7-21)28-13-2-1-10-3-4-18(27)29-16(10)15(13)17(25)26/h1-2,5,12,17,23,25-27H,3-4,6-9H2. The van der Waals surface area contributed by atoms with Gasteiger partial charge in [-0.1, -0.05) is 11.3 Å². The van der Waals surface area contributed by atoms with Crippen molar-refractivity contribution in [1.29, 1.82) is 0 Å². The predicted octanol–water partition coefficient (Wildman–Crippen LogP) is -1.54. The van der Waals surface area contributed by atoms with Crippen LogP contribution in [0.4, 0.5) is 0 Å². The van der Waals surface area contributed by atoms with Gasteiger partial charge >= 0.3 is 7.12 Å². The third-order valence-corrected chi connectivity index (χ3v) is 4.95. The van der Waals surface area contributed by atoms with Crippen LogP contribution in [0, 0.1) is 0 Å². The Balaban J connectivity index is 1.38. The lowest BCUT2D eigenvalue weighted by Gasteiger charge is -2.39. The Morgan fingerprint density at radius 2 is 2.17 bits per heavy atom. The van der Waals surface area contributed by atoms with E-state index in [-0.39, 0.29) is 42.2 Å². The Bertz CT molecular complexity index is 900. The van der Waals surface area contributed by atoms with Crippen molar-refractivity contribution in [3.8, 4) is 11.5 Å². The summed E-state index contributed by atoms with van der Waals surface area (Å²) in [5.74, 6) is 0.307. The van der Waals surface area contributed by atoms with Crippen molar-refractivity contribution in [2.24, 2.45) is 0 Å². The van der Waals surface area contributed by atoms with Gasteiger partial charge in [0.05, 0.1) is 31.5 Å². The van der Waals surface area contributed by atoms with Crippen LogP contribution in [0.3, 0.4) is 0 Å². The van der Waals surface area contributed by atoms with Gasteiger partial charge in [0, 0.05) is 0 Å². The molecule has 2 aliphatic heterocycles. The van der Waals surface area contributed by atoms with Gasteiger partial charge in [-0.25, -0.2) is 4.68 Å². The van der Waals surface area contributed by atoms with Gasteiger partial charge in [-0.05, 0) is 24.4 Å². The Kier molecular flexibility index (Phi) is 5.41. The summed E-state index contributed by atoms with van der Waals surface area (Å²) in [5, 5.41) is 45.8. The molecule has 1 fully saturated rings. The molecule has 0 unspecified atom stereocenters.